The first-order valence-electron chi connectivity index (χ1n) is 5.85. The fraction of sp³-hybridized carbons (Fsp3) is 0.417. The van der Waals surface area contributed by atoms with Gasteiger partial charge in [0.2, 0.25) is 10.0 Å². The second-order valence-corrected chi connectivity index (χ2v) is 7.37. The molecule has 0 fully saturated rings. The number of para-hydroxylation sites is 1. The zero-order valence-corrected chi connectivity index (χ0v) is 13.0. The molecule has 0 heterocycles. The molecule has 1 aromatic rings. The first-order chi connectivity index (χ1) is 9.36. The van der Waals surface area contributed by atoms with Crippen LogP contribution in [0.1, 0.15) is 0 Å². The second-order valence-electron chi connectivity index (χ2n) is 4.03. The van der Waals surface area contributed by atoms with Crippen molar-refractivity contribution in [3.63, 3.8) is 0 Å². The van der Waals surface area contributed by atoms with E-state index in [2.05, 4.69) is 4.74 Å². The maximum absolute atomic E-state index is 11.9. The molecule has 1 aromatic carbocycles. The van der Waals surface area contributed by atoms with Crippen LogP contribution >= 0.6 is 11.8 Å². The predicted molar refractivity (Wildman–Crippen MR) is 80.0 cm³/mol. The average Bonchev–Trinajstić information content (AvgIpc) is 2.40. The molecule has 0 amide bonds. The number of nitrogens with two attached hydrogens (primary N) is 1. The monoisotopic (exact) mass is 318 g/mol. The Hall–Kier alpha value is -1.25. The third-order valence-electron chi connectivity index (χ3n) is 2.57. The first-order valence-corrected chi connectivity index (χ1v) is 8.44. The van der Waals surface area contributed by atoms with Crippen LogP contribution in [0, 0.1) is 0 Å². The summed E-state index contributed by atoms with van der Waals surface area (Å²) in [4.78, 5) is 11.9. The van der Waals surface area contributed by atoms with Crippen molar-refractivity contribution in [2.75, 3.05) is 37.9 Å². The second kappa shape index (κ2) is 7.51. The van der Waals surface area contributed by atoms with Gasteiger partial charge < -0.3 is 10.5 Å². The number of hydrogen-bond donors (Lipinski definition) is 1. The van der Waals surface area contributed by atoms with E-state index in [9.17, 15) is 13.2 Å². The summed E-state index contributed by atoms with van der Waals surface area (Å²) in [6, 6.07) is 7.27. The molecule has 20 heavy (non-hydrogen) atoms. The minimum Gasteiger partial charge on any atom is -0.468 e. The van der Waals surface area contributed by atoms with Crippen molar-refractivity contribution >= 4 is 33.4 Å². The van der Waals surface area contributed by atoms with Crippen LogP contribution in [-0.4, -0.2) is 50.9 Å². The van der Waals surface area contributed by atoms with Crippen LogP contribution in [0.5, 0.6) is 0 Å². The Balaban J connectivity index is 2.52. The number of sulfonamides is 1. The number of nitrogen functional groups attached to an aromatic ring is 1. The van der Waals surface area contributed by atoms with Crippen molar-refractivity contribution < 1.29 is 17.9 Å². The van der Waals surface area contributed by atoms with Crippen molar-refractivity contribution in [1.29, 1.82) is 0 Å². The number of carbonyl (C=O) groups excluding carboxylic acids is 1. The van der Waals surface area contributed by atoms with Crippen molar-refractivity contribution in [1.82, 2.24) is 4.31 Å². The highest BCUT2D eigenvalue weighted by atomic mass is 32.2. The molecule has 0 spiro atoms. The van der Waals surface area contributed by atoms with E-state index >= 15 is 0 Å². The fourth-order valence-electron chi connectivity index (χ4n) is 1.37. The Kier molecular flexibility index (Phi) is 6.31. The molecule has 0 saturated heterocycles. The summed E-state index contributed by atoms with van der Waals surface area (Å²) in [5.74, 6) is -0.294. The van der Waals surface area contributed by atoms with Gasteiger partial charge in [0.15, 0.2) is 0 Å². The highest BCUT2D eigenvalue weighted by Gasteiger charge is 2.20. The molecule has 112 valence electrons. The molecule has 0 aliphatic rings. The number of ether oxygens (including phenoxy) is 1. The number of nitrogens with zero attached hydrogens (tertiary/aromatic N) is 1. The Morgan fingerprint density at radius 2 is 2.05 bits per heavy atom. The van der Waals surface area contributed by atoms with Crippen molar-refractivity contribution in [3.05, 3.63) is 24.3 Å². The average molecular weight is 318 g/mol. The van der Waals surface area contributed by atoms with Gasteiger partial charge in [0.05, 0.1) is 12.9 Å². The number of thioether (sulfide) groups is 1. The number of hydrogen-bond acceptors (Lipinski definition) is 6. The zero-order valence-electron chi connectivity index (χ0n) is 11.4. The van der Waals surface area contributed by atoms with E-state index in [1.165, 1.54) is 25.9 Å². The molecule has 0 aliphatic heterocycles. The van der Waals surface area contributed by atoms with Gasteiger partial charge in [-0.3, -0.25) is 4.79 Å². The molecule has 8 heteroatoms. The topological polar surface area (TPSA) is 89.7 Å². The molecule has 0 unspecified atom stereocenters. The number of carbonyl (C=O) groups is 1. The SMILES string of the molecule is COC(=O)CN(C)S(=O)(=O)CCSc1ccccc1N. The number of likely N-dealkylation sites (N-methyl/N-ethyl adjacent to an activating group) is 1. The van der Waals surface area contributed by atoms with Crippen LogP contribution < -0.4 is 5.73 Å². The van der Waals surface area contributed by atoms with Crippen LogP contribution in [0.4, 0.5) is 5.69 Å². The van der Waals surface area contributed by atoms with E-state index in [0.29, 0.717) is 11.4 Å². The number of benzene rings is 1. The minimum absolute atomic E-state index is 0.0699. The lowest BCUT2D eigenvalue weighted by Crippen LogP contribution is -2.34. The molecule has 6 nitrogen and oxygen atoms in total. The molecule has 0 aromatic heterocycles. The Labute approximate surface area is 123 Å². The van der Waals surface area contributed by atoms with Crippen LogP contribution in [-0.2, 0) is 19.6 Å². The number of anilines is 1. The first kappa shape index (κ1) is 16.8. The number of methoxy groups -OCH3 is 1. The van der Waals surface area contributed by atoms with E-state index in [1.54, 1.807) is 6.07 Å². The van der Waals surface area contributed by atoms with E-state index in [-0.39, 0.29) is 12.3 Å². The van der Waals surface area contributed by atoms with Gasteiger partial charge in [-0.25, -0.2) is 8.42 Å². The van der Waals surface area contributed by atoms with Gasteiger partial charge in [-0.15, -0.1) is 11.8 Å². The van der Waals surface area contributed by atoms with Crippen molar-refractivity contribution in [2.24, 2.45) is 0 Å². The van der Waals surface area contributed by atoms with Crippen LogP contribution in [0.2, 0.25) is 0 Å². The van der Waals surface area contributed by atoms with Gasteiger partial charge in [0.25, 0.3) is 0 Å². The third-order valence-corrected chi connectivity index (χ3v) is 5.72. The zero-order chi connectivity index (χ0) is 15.2. The molecule has 0 bridgehead atoms. The number of rotatable bonds is 7. The summed E-state index contributed by atoms with van der Waals surface area (Å²) in [5.41, 5.74) is 6.40. The third kappa shape index (κ3) is 5.03. The van der Waals surface area contributed by atoms with E-state index in [1.807, 2.05) is 18.2 Å². The molecule has 0 radical (unpaired) electrons. The summed E-state index contributed by atoms with van der Waals surface area (Å²) in [6.07, 6.45) is 0. The fourth-order valence-corrected chi connectivity index (χ4v) is 3.79. The summed E-state index contributed by atoms with van der Waals surface area (Å²) < 4.78 is 29.3. The van der Waals surface area contributed by atoms with Gasteiger partial charge in [0.1, 0.15) is 6.54 Å². The molecule has 2 N–H and O–H groups in total. The Bertz CT molecular complexity index is 560. The summed E-state index contributed by atoms with van der Waals surface area (Å²) in [7, 11) is -0.904. The Morgan fingerprint density at radius 1 is 1.40 bits per heavy atom. The quantitative estimate of drug-likeness (QED) is 0.454. The molecule has 1 rings (SSSR count). The lowest BCUT2D eigenvalue weighted by molar-refractivity contribution is -0.140. The summed E-state index contributed by atoms with van der Waals surface area (Å²) in [6.45, 7) is -0.281. The van der Waals surface area contributed by atoms with Crippen LogP contribution in [0.3, 0.4) is 0 Å². The maximum Gasteiger partial charge on any atom is 0.320 e. The summed E-state index contributed by atoms with van der Waals surface area (Å²) >= 11 is 1.37. The Morgan fingerprint density at radius 3 is 2.65 bits per heavy atom. The van der Waals surface area contributed by atoms with Crippen LogP contribution in [0.25, 0.3) is 0 Å². The molecule has 0 atom stereocenters. The molecular weight excluding hydrogens is 300 g/mol. The normalized spacial score (nSPS) is 11.6. The highest BCUT2D eigenvalue weighted by Crippen LogP contribution is 2.24. The minimum atomic E-state index is -3.48. The lowest BCUT2D eigenvalue weighted by atomic mass is 10.3. The van der Waals surface area contributed by atoms with E-state index in [0.717, 1.165) is 9.20 Å². The summed E-state index contributed by atoms with van der Waals surface area (Å²) in [5, 5.41) is 0. The van der Waals surface area contributed by atoms with Crippen molar-refractivity contribution in [2.45, 2.75) is 4.90 Å². The smallest absolute Gasteiger partial charge is 0.320 e. The van der Waals surface area contributed by atoms with Gasteiger partial charge in [-0.05, 0) is 12.1 Å². The van der Waals surface area contributed by atoms with Gasteiger partial charge >= 0.3 is 5.97 Å². The van der Waals surface area contributed by atoms with Crippen molar-refractivity contribution in [3.8, 4) is 0 Å². The molecule has 0 saturated carbocycles. The van der Waals surface area contributed by atoms with Crippen LogP contribution in [0.15, 0.2) is 29.2 Å². The van der Waals surface area contributed by atoms with E-state index < -0.39 is 16.0 Å². The molecular formula is C12H18N2O4S2. The van der Waals surface area contributed by atoms with E-state index in [4.69, 9.17) is 5.73 Å². The van der Waals surface area contributed by atoms with Gasteiger partial charge in [-0.2, -0.15) is 4.31 Å². The number of esters is 1. The van der Waals surface area contributed by atoms with Gasteiger partial charge in [-0.1, -0.05) is 12.1 Å². The lowest BCUT2D eigenvalue weighted by Gasteiger charge is -2.15. The largest absolute Gasteiger partial charge is 0.468 e. The predicted octanol–water partition coefficient (Wildman–Crippen LogP) is 0.795. The molecule has 0 aliphatic carbocycles. The van der Waals surface area contributed by atoms with Gasteiger partial charge in [0, 0.05) is 23.4 Å². The maximum atomic E-state index is 11.9. The standard InChI is InChI=1S/C12H18N2O4S2/c1-14(9-12(15)18-2)20(16,17)8-7-19-11-6-4-3-5-10(11)13/h3-6H,7-9,13H2,1-2H3. The highest BCUT2D eigenvalue weighted by molar-refractivity contribution is 8.00.